The predicted molar refractivity (Wildman–Crippen MR) is 242 cm³/mol. The molecule has 0 aliphatic carbocycles. The summed E-state index contributed by atoms with van der Waals surface area (Å²) in [6.07, 6.45) is 53.7. The van der Waals surface area contributed by atoms with E-state index in [0.717, 1.165) is 51.4 Å². The Balaban J connectivity index is 4.54. The second-order valence-electron chi connectivity index (χ2n) is 14.0. The van der Waals surface area contributed by atoms with E-state index < -0.39 is 51.8 Å². The van der Waals surface area contributed by atoms with Gasteiger partial charge in [-0.1, -0.05) is 162 Å². The first-order valence-electron chi connectivity index (χ1n) is 21.8. The molecule has 0 aromatic rings. The maximum atomic E-state index is 12.6. The molecule has 0 rings (SSSR count). The van der Waals surface area contributed by atoms with Crippen molar-refractivity contribution in [3.8, 4) is 0 Å². The van der Waals surface area contributed by atoms with Gasteiger partial charge in [0.05, 0.1) is 19.8 Å². The Bertz CT molecular complexity index is 1340. The number of unbranched alkanes of at least 4 members (excludes halogenated alkanes) is 7. The normalized spacial score (nSPS) is 14.9. The molecule has 59 heavy (non-hydrogen) atoms. The van der Waals surface area contributed by atoms with Crippen LogP contribution in [0.4, 0.5) is 0 Å². The Morgan fingerprint density at radius 1 is 0.525 bits per heavy atom. The van der Waals surface area contributed by atoms with Crippen LogP contribution in [0.25, 0.3) is 0 Å². The molecule has 0 radical (unpaired) electrons. The Kier molecular flexibility index (Phi) is 40.3. The third-order valence-electron chi connectivity index (χ3n) is 8.44. The fourth-order valence-corrected chi connectivity index (χ4v) is 5.90. The minimum Gasteiger partial charge on any atom is -0.462 e. The van der Waals surface area contributed by atoms with Crippen molar-refractivity contribution in [1.29, 1.82) is 0 Å². The SMILES string of the molecule is CC/C=C\C/C=C\C/C=C\C/C=C\C/C=C\C/C=C\CCC(=O)OC(COC(=O)CC/C=C\C/C=C\C/C=C\CCCCCCCCC)COP(=O)(O)OCC(O)CO. The molecule has 0 heterocycles. The van der Waals surface area contributed by atoms with Crippen molar-refractivity contribution >= 4 is 19.8 Å². The van der Waals surface area contributed by atoms with Gasteiger partial charge in [-0.2, -0.15) is 0 Å². The van der Waals surface area contributed by atoms with Crippen molar-refractivity contribution in [3.05, 3.63) is 109 Å². The number of hydrogen-bond donors (Lipinski definition) is 3. The number of aliphatic hydroxyl groups excluding tert-OH is 2. The van der Waals surface area contributed by atoms with Gasteiger partial charge < -0.3 is 24.6 Å². The van der Waals surface area contributed by atoms with Crippen LogP contribution in [0.5, 0.6) is 0 Å². The first kappa shape index (κ1) is 55.6. The number of allylic oxidation sites excluding steroid dienone is 18. The molecular weight excluding hydrogens is 767 g/mol. The summed E-state index contributed by atoms with van der Waals surface area (Å²) in [6, 6.07) is 0. The summed E-state index contributed by atoms with van der Waals surface area (Å²) < 4.78 is 32.5. The Hall–Kier alpha value is -3.37. The standard InChI is InChI=1S/C48H77O10P/c1-3-5-7-9-11-13-15-17-19-21-22-24-26-28-30-32-34-36-38-40-48(52)58-46(44-57-59(53,54)56-42-45(50)41-49)43-55-47(51)39-37-35-33-31-29-27-25-23-20-18-16-14-12-10-8-6-4-2/h5,7,11,13,17,19-20,22-24,27-30,33-36,45-46,49-50H,3-4,6,8-10,12,14-16,18,21,25-26,31-32,37-44H2,1-2H3,(H,53,54)/b7-5-,13-11-,19-17-,23-20-,24-22-,29-27-,30-28-,35-33-,36-34-. The number of rotatable bonds is 39. The average Bonchev–Trinajstić information content (AvgIpc) is 3.22. The lowest BCUT2D eigenvalue weighted by atomic mass is 10.1. The zero-order chi connectivity index (χ0) is 43.3. The molecule has 0 saturated carbocycles. The van der Waals surface area contributed by atoms with Crippen LogP contribution >= 0.6 is 7.82 Å². The number of ether oxygens (including phenoxy) is 2. The van der Waals surface area contributed by atoms with Crippen LogP contribution in [0.2, 0.25) is 0 Å². The van der Waals surface area contributed by atoms with Crippen molar-refractivity contribution in [2.24, 2.45) is 0 Å². The third kappa shape index (κ3) is 42.6. The van der Waals surface area contributed by atoms with Gasteiger partial charge in [-0.25, -0.2) is 4.57 Å². The fraction of sp³-hybridized carbons (Fsp3) is 0.583. The van der Waals surface area contributed by atoms with Gasteiger partial charge in [0.2, 0.25) is 0 Å². The molecule has 3 unspecified atom stereocenters. The van der Waals surface area contributed by atoms with E-state index in [4.69, 9.17) is 19.1 Å². The number of phosphoric acid groups is 1. The highest BCUT2D eigenvalue weighted by Crippen LogP contribution is 2.43. The lowest BCUT2D eigenvalue weighted by Gasteiger charge is -2.20. The number of carbonyl (C=O) groups excluding carboxylic acids is 2. The lowest BCUT2D eigenvalue weighted by molar-refractivity contribution is -0.161. The number of esters is 2. The van der Waals surface area contributed by atoms with Crippen LogP contribution in [0, 0.1) is 0 Å². The van der Waals surface area contributed by atoms with Crippen molar-refractivity contribution in [2.45, 2.75) is 154 Å². The molecule has 10 nitrogen and oxygen atoms in total. The van der Waals surface area contributed by atoms with Crippen molar-refractivity contribution in [2.75, 3.05) is 26.4 Å². The second-order valence-corrected chi connectivity index (χ2v) is 15.4. The summed E-state index contributed by atoms with van der Waals surface area (Å²) in [6.45, 7) is 2.08. The largest absolute Gasteiger partial charge is 0.472 e. The molecular formula is C48H77O10P. The van der Waals surface area contributed by atoms with Crippen LogP contribution in [0.15, 0.2) is 109 Å². The highest BCUT2D eigenvalue weighted by atomic mass is 31.2. The van der Waals surface area contributed by atoms with Crippen LogP contribution < -0.4 is 0 Å². The van der Waals surface area contributed by atoms with Gasteiger partial charge in [-0.15, -0.1) is 0 Å². The maximum absolute atomic E-state index is 12.6. The van der Waals surface area contributed by atoms with Crippen molar-refractivity contribution < 1.29 is 47.8 Å². The molecule has 0 aliphatic rings. The molecule has 0 fully saturated rings. The summed E-state index contributed by atoms with van der Waals surface area (Å²) >= 11 is 0. The highest BCUT2D eigenvalue weighted by Gasteiger charge is 2.27. The van der Waals surface area contributed by atoms with Gasteiger partial charge in [-0.05, 0) is 77.0 Å². The lowest BCUT2D eigenvalue weighted by Crippen LogP contribution is -2.29. The quantitative estimate of drug-likeness (QED) is 0.0236. The molecule has 3 N–H and O–H groups in total. The molecule has 0 saturated heterocycles. The fourth-order valence-electron chi connectivity index (χ4n) is 5.11. The van der Waals surface area contributed by atoms with E-state index in [-0.39, 0.29) is 19.4 Å². The first-order valence-corrected chi connectivity index (χ1v) is 23.3. The van der Waals surface area contributed by atoms with Gasteiger partial charge >= 0.3 is 19.8 Å². The zero-order valence-corrected chi connectivity index (χ0v) is 37.1. The number of aliphatic hydroxyl groups is 2. The molecule has 3 atom stereocenters. The Labute approximate surface area is 356 Å². The van der Waals surface area contributed by atoms with Crippen molar-refractivity contribution in [1.82, 2.24) is 0 Å². The minimum atomic E-state index is -4.66. The summed E-state index contributed by atoms with van der Waals surface area (Å²) in [5, 5.41) is 18.3. The van der Waals surface area contributed by atoms with Crippen LogP contribution in [0.3, 0.4) is 0 Å². The van der Waals surface area contributed by atoms with E-state index >= 15 is 0 Å². The van der Waals surface area contributed by atoms with E-state index in [1.165, 1.54) is 44.9 Å². The molecule has 0 spiro atoms. The summed E-state index contributed by atoms with van der Waals surface area (Å²) in [7, 11) is -4.66. The predicted octanol–water partition coefficient (Wildman–Crippen LogP) is 11.8. The van der Waals surface area contributed by atoms with Gasteiger partial charge in [0.15, 0.2) is 6.10 Å². The second kappa shape index (κ2) is 42.7. The van der Waals surface area contributed by atoms with E-state index in [9.17, 15) is 24.2 Å². The molecule has 334 valence electrons. The van der Waals surface area contributed by atoms with E-state index in [1.54, 1.807) is 0 Å². The number of carbonyl (C=O) groups is 2. The molecule has 0 aromatic carbocycles. The van der Waals surface area contributed by atoms with Gasteiger partial charge in [0, 0.05) is 12.8 Å². The monoisotopic (exact) mass is 845 g/mol. The topological polar surface area (TPSA) is 149 Å². The highest BCUT2D eigenvalue weighted by molar-refractivity contribution is 7.47. The van der Waals surface area contributed by atoms with Gasteiger partial charge in [-0.3, -0.25) is 18.6 Å². The minimum absolute atomic E-state index is 0.0391. The molecule has 0 amide bonds. The molecule has 11 heteroatoms. The Morgan fingerprint density at radius 2 is 0.932 bits per heavy atom. The van der Waals surface area contributed by atoms with Crippen LogP contribution in [0.1, 0.15) is 142 Å². The van der Waals surface area contributed by atoms with Crippen LogP contribution in [-0.2, 0) is 32.7 Å². The van der Waals surface area contributed by atoms with E-state index in [1.807, 2.05) is 24.3 Å². The number of hydrogen-bond acceptors (Lipinski definition) is 9. The smallest absolute Gasteiger partial charge is 0.462 e. The summed E-state index contributed by atoms with van der Waals surface area (Å²) in [4.78, 5) is 34.9. The summed E-state index contributed by atoms with van der Waals surface area (Å²) in [5.74, 6) is -1.12. The third-order valence-corrected chi connectivity index (χ3v) is 9.39. The van der Waals surface area contributed by atoms with Crippen molar-refractivity contribution in [3.63, 3.8) is 0 Å². The zero-order valence-electron chi connectivity index (χ0n) is 36.2. The maximum Gasteiger partial charge on any atom is 0.472 e. The van der Waals surface area contributed by atoms with E-state index in [2.05, 4.69) is 103 Å². The molecule has 0 aromatic heterocycles. The number of phosphoric ester groups is 1. The summed E-state index contributed by atoms with van der Waals surface area (Å²) in [5.41, 5.74) is 0. The van der Waals surface area contributed by atoms with Gasteiger partial charge in [0.1, 0.15) is 12.7 Å². The first-order chi connectivity index (χ1) is 28.7. The van der Waals surface area contributed by atoms with E-state index in [0.29, 0.717) is 19.3 Å². The van der Waals surface area contributed by atoms with Crippen LogP contribution in [-0.4, -0.2) is 65.7 Å². The Morgan fingerprint density at radius 3 is 1.41 bits per heavy atom. The average molecular weight is 845 g/mol. The van der Waals surface area contributed by atoms with Gasteiger partial charge in [0.25, 0.3) is 0 Å². The molecule has 0 bridgehead atoms. The molecule has 0 aliphatic heterocycles.